The monoisotopic (exact) mass is 409 g/mol. The lowest BCUT2D eigenvalue weighted by atomic mass is 10.2. The fourth-order valence-electron chi connectivity index (χ4n) is 3.50. The van der Waals surface area contributed by atoms with Crippen LogP contribution in [0.5, 0.6) is 5.75 Å². The first-order valence-corrected chi connectivity index (χ1v) is 10.6. The summed E-state index contributed by atoms with van der Waals surface area (Å²) >= 11 is 7.69. The van der Waals surface area contributed by atoms with E-state index in [4.69, 9.17) is 16.3 Å². The number of nitrogens with one attached hydrogen (secondary N) is 3. The maximum Gasteiger partial charge on any atom is 0.278 e. The number of carbonyl (C=O) groups is 1. The van der Waals surface area contributed by atoms with E-state index in [1.807, 2.05) is 37.3 Å². The summed E-state index contributed by atoms with van der Waals surface area (Å²) in [6.07, 6.45) is 0. The van der Waals surface area contributed by atoms with Crippen molar-refractivity contribution in [3.8, 4) is 5.75 Å². The van der Waals surface area contributed by atoms with Crippen molar-refractivity contribution >= 4 is 28.8 Å². The van der Waals surface area contributed by atoms with E-state index in [2.05, 4.69) is 11.4 Å². The van der Waals surface area contributed by atoms with Crippen molar-refractivity contribution in [2.75, 3.05) is 33.3 Å². The Bertz CT molecular complexity index is 742. The first-order valence-electron chi connectivity index (χ1n) is 9.38. The molecule has 7 heteroatoms. The molecule has 0 unspecified atom stereocenters. The lowest BCUT2D eigenvalue weighted by Gasteiger charge is -2.32. The molecule has 1 saturated heterocycles. The van der Waals surface area contributed by atoms with Gasteiger partial charge in [0.05, 0.1) is 16.3 Å². The van der Waals surface area contributed by atoms with E-state index in [1.54, 1.807) is 23.3 Å². The highest BCUT2D eigenvalue weighted by Crippen LogP contribution is 2.20. The van der Waals surface area contributed by atoms with E-state index in [0.717, 1.165) is 48.4 Å². The summed E-state index contributed by atoms with van der Waals surface area (Å²) in [5, 5.41) is 3.07. The minimum Gasteiger partial charge on any atom is -0.497 e. The summed E-state index contributed by atoms with van der Waals surface area (Å²) in [4.78, 5) is 16.8. The van der Waals surface area contributed by atoms with E-state index < -0.39 is 0 Å². The van der Waals surface area contributed by atoms with Crippen molar-refractivity contribution in [3.63, 3.8) is 0 Å². The van der Waals surface area contributed by atoms with Crippen LogP contribution in [0.2, 0.25) is 4.34 Å². The molecule has 3 rings (SSSR count). The molecular weight excluding hydrogens is 382 g/mol. The average Bonchev–Trinajstić information content (AvgIpc) is 3.11. The van der Waals surface area contributed by atoms with Crippen molar-refractivity contribution in [2.45, 2.75) is 26.1 Å². The number of rotatable bonds is 7. The number of hydrogen-bond acceptors (Lipinski definition) is 3. The predicted octanol–water partition coefficient (Wildman–Crippen LogP) is 0.398. The quantitative estimate of drug-likeness (QED) is 0.620. The number of amides is 1. The van der Waals surface area contributed by atoms with Crippen LogP contribution in [0, 0.1) is 0 Å². The first-order chi connectivity index (χ1) is 13.0. The van der Waals surface area contributed by atoms with Crippen LogP contribution in [0.1, 0.15) is 17.4 Å². The fourth-order valence-corrected chi connectivity index (χ4v) is 4.66. The van der Waals surface area contributed by atoms with Gasteiger partial charge in [-0.2, -0.15) is 0 Å². The van der Waals surface area contributed by atoms with Crippen molar-refractivity contribution in [3.05, 3.63) is 51.2 Å². The Kier molecular flexibility index (Phi) is 7.13. The van der Waals surface area contributed by atoms with Gasteiger partial charge in [-0.25, -0.2) is 0 Å². The standard InChI is InChI=1S/C20H26ClN3O2S/c1-15(20(25)22-13-16-3-5-17(26-2)6-4-16)24-11-9-23(10-12-24)14-18-7-8-19(21)27-18/h3-8,15H,9-14H2,1-2H3,(H,22,25)/p+2/t15-/m1/s1. The van der Waals surface area contributed by atoms with Crippen LogP contribution in [0.4, 0.5) is 0 Å². The topological polar surface area (TPSA) is 47.2 Å². The van der Waals surface area contributed by atoms with Gasteiger partial charge in [-0.05, 0) is 36.8 Å². The van der Waals surface area contributed by atoms with E-state index in [1.165, 1.54) is 9.78 Å². The second-order valence-electron chi connectivity index (χ2n) is 7.08. The highest BCUT2D eigenvalue weighted by Gasteiger charge is 2.31. The normalized spacial score (nSPS) is 20.9. The lowest BCUT2D eigenvalue weighted by molar-refractivity contribution is -1.02. The van der Waals surface area contributed by atoms with Gasteiger partial charge >= 0.3 is 0 Å². The first kappa shape index (κ1) is 20.1. The van der Waals surface area contributed by atoms with Crippen LogP contribution < -0.4 is 19.9 Å². The molecule has 0 aliphatic carbocycles. The third kappa shape index (κ3) is 5.69. The van der Waals surface area contributed by atoms with Gasteiger partial charge in [-0.15, -0.1) is 11.3 Å². The van der Waals surface area contributed by atoms with Crippen molar-refractivity contribution < 1.29 is 19.3 Å². The molecule has 1 atom stereocenters. The molecule has 2 aromatic rings. The molecule has 27 heavy (non-hydrogen) atoms. The zero-order chi connectivity index (χ0) is 19.2. The molecule has 2 heterocycles. The molecule has 1 fully saturated rings. The Morgan fingerprint density at radius 2 is 1.89 bits per heavy atom. The summed E-state index contributed by atoms with van der Waals surface area (Å²) in [5.41, 5.74) is 1.08. The van der Waals surface area contributed by atoms with E-state index in [-0.39, 0.29) is 11.9 Å². The number of ether oxygens (including phenoxy) is 1. The van der Waals surface area contributed by atoms with Gasteiger partial charge in [0, 0.05) is 6.54 Å². The van der Waals surface area contributed by atoms with Crippen LogP contribution in [0.3, 0.4) is 0 Å². The van der Waals surface area contributed by atoms with Crippen LogP contribution in [-0.2, 0) is 17.9 Å². The summed E-state index contributed by atoms with van der Waals surface area (Å²) in [7, 11) is 1.65. The molecule has 0 saturated carbocycles. The molecule has 1 aliphatic rings. The number of piperazine rings is 1. The third-order valence-electron chi connectivity index (χ3n) is 5.28. The minimum absolute atomic E-state index is 0.0269. The van der Waals surface area contributed by atoms with Gasteiger partial charge in [0.25, 0.3) is 5.91 Å². The summed E-state index contributed by atoms with van der Waals surface area (Å²) in [5.74, 6) is 0.947. The third-order valence-corrected chi connectivity index (χ3v) is 6.52. The van der Waals surface area contributed by atoms with Crippen LogP contribution in [0.15, 0.2) is 36.4 Å². The molecule has 1 aromatic carbocycles. The Morgan fingerprint density at radius 3 is 2.48 bits per heavy atom. The highest BCUT2D eigenvalue weighted by molar-refractivity contribution is 7.16. The molecule has 0 bridgehead atoms. The SMILES string of the molecule is COc1ccc(CNC(=O)[C@@H](C)[NH+]2CC[NH+](Cc3ccc(Cl)s3)CC2)cc1. The predicted molar refractivity (Wildman–Crippen MR) is 109 cm³/mol. The lowest BCUT2D eigenvalue weighted by Crippen LogP contribution is -3.29. The number of hydrogen-bond donors (Lipinski definition) is 3. The number of benzene rings is 1. The molecule has 1 amide bonds. The maximum absolute atomic E-state index is 12.5. The van der Waals surface area contributed by atoms with Gasteiger partial charge in [0.1, 0.15) is 38.5 Å². The summed E-state index contributed by atoms with van der Waals surface area (Å²) < 4.78 is 6.02. The fraction of sp³-hybridized carbons (Fsp3) is 0.450. The van der Waals surface area contributed by atoms with Gasteiger partial charge in [-0.3, -0.25) is 4.79 Å². The molecule has 146 valence electrons. The number of methoxy groups -OCH3 is 1. The van der Waals surface area contributed by atoms with Crippen LogP contribution >= 0.6 is 22.9 Å². The summed E-state index contributed by atoms with van der Waals surface area (Å²) in [6.45, 7) is 7.82. The average molecular weight is 410 g/mol. The Balaban J connectivity index is 1.42. The molecule has 1 aliphatic heterocycles. The Labute approximate surface area is 169 Å². The zero-order valence-corrected chi connectivity index (χ0v) is 17.5. The minimum atomic E-state index is -0.0269. The molecular formula is C20H28ClN3O2S+2. The number of carbonyl (C=O) groups excluding carboxylic acids is 1. The van der Waals surface area contributed by atoms with Gasteiger partial charge in [-0.1, -0.05) is 23.7 Å². The van der Waals surface area contributed by atoms with Gasteiger partial charge in [0.2, 0.25) is 0 Å². The van der Waals surface area contributed by atoms with Gasteiger partial charge < -0.3 is 19.9 Å². The molecule has 1 aromatic heterocycles. The summed E-state index contributed by atoms with van der Waals surface area (Å²) in [6, 6.07) is 11.9. The second-order valence-corrected chi connectivity index (χ2v) is 8.88. The second kappa shape index (κ2) is 9.55. The molecule has 0 spiro atoms. The van der Waals surface area contributed by atoms with E-state index in [0.29, 0.717) is 6.54 Å². The Morgan fingerprint density at radius 1 is 1.19 bits per heavy atom. The molecule has 3 N–H and O–H groups in total. The molecule has 5 nitrogen and oxygen atoms in total. The highest BCUT2D eigenvalue weighted by atomic mass is 35.5. The van der Waals surface area contributed by atoms with E-state index in [9.17, 15) is 4.79 Å². The van der Waals surface area contributed by atoms with Crippen molar-refractivity contribution in [1.29, 1.82) is 0 Å². The van der Waals surface area contributed by atoms with Crippen LogP contribution in [-0.4, -0.2) is 45.2 Å². The number of thiophene rings is 1. The van der Waals surface area contributed by atoms with Crippen LogP contribution in [0.25, 0.3) is 0 Å². The number of halogens is 1. The molecule has 0 radical (unpaired) electrons. The van der Waals surface area contributed by atoms with E-state index >= 15 is 0 Å². The zero-order valence-electron chi connectivity index (χ0n) is 15.9. The largest absolute Gasteiger partial charge is 0.497 e. The van der Waals surface area contributed by atoms with Crippen molar-refractivity contribution in [2.24, 2.45) is 0 Å². The number of quaternary nitrogens is 2. The smallest absolute Gasteiger partial charge is 0.278 e. The van der Waals surface area contributed by atoms with Crippen molar-refractivity contribution in [1.82, 2.24) is 5.32 Å². The van der Waals surface area contributed by atoms with Gasteiger partial charge in [0.15, 0.2) is 6.04 Å². The maximum atomic E-state index is 12.5. The Hall–Kier alpha value is -1.60.